The summed E-state index contributed by atoms with van der Waals surface area (Å²) in [7, 11) is 0. The zero-order valence-electron chi connectivity index (χ0n) is 15.0. The fourth-order valence-electron chi connectivity index (χ4n) is 3.11. The van der Waals surface area contributed by atoms with Gasteiger partial charge in [0.2, 0.25) is 0 Å². The van der Waals surface area contributed by atoms with Crippen LogP contribution in [0.25, 0.3) is 11.0 Å². The van der Waals surface area contributed by atoms with Gasteiger partial charge in [0.15, 0.2) is 0 Å². The number of para-hydroxylation sites is 2. The highest BCUT2D eigenvalue weighted by Crippen LogP contribution is 2.17. The van der Waals surface area contributed by atoms with Crippen LogP contribution in [-0.4, -0.2) is 22.0 Å². The average Bonchev–Trinajstić information content (AvgIpc) is 2.99. The Hall–Kier alpha value is -2.33. The fourth-order valence-corrected chi connectivity index (χ4v) is 3.30. The highest BCUT2D eigenvalue weighted by atomic mass is 35.5. The van der Waals surface area contributed by atoms with E-state index in [1.54, 1.807) is 24.3 Å². The molecular formula is C21H24ClN3O. The lowest BCUT2D eigenvalue weighted by molar-refractivity contribution is 0.0954. The summed E-state index contributed by atoms with van der Waals surface area (Å²) < 4.78 is 2.29. The number of rotatable bonds is 8. The zero-order chi connectivity index (χ0) is 18.4. The molecule has 0 radical (unpaired) electrons. The number of hydrogen-bond acceptors (Lipinski definition) is 2. The Morgan fingerprint density at radius 1 is 1.15 bits per heavy atom. The summed E-state index contributed by atoms with van der Waals surface area (Å²) in [6.45, 7) is 3.71. The summed E-state index contributed by atoms with van der Waals surface area (Å²) in [5.74, 6) is 0.912. The number of fused-ring (bicyclic) bond motifs is 1. The number of amides is 1. The molecule has 0 saturated carbocycles. The number of benzene rings is 2. The van der Waals surface area contributed by atoms with Gasteiger partial charge in [0, 0.05) is 30.1 Å². The second-order valence-corrected chi connectivity index (χ2v) is 6.83. The predicted octanol–water partition coefficient (Wildman–Crippen LogP) is 4.85. The van der Waals surface area contributed by atoms with Crippen LogP contribution < -0.4 is 5.32 Å². The van der Waals surface area contributed by atoms with Crippen molar-refractivity contribution >= 4 is 28.5 Å². The molecule has 0 bridgehead atoms. The second-order valence-electron chi connectivity index (χ2n) is 6.39. The molecule has 2 aromatic carbocycles. The van der Waals surface area contributed by atoms with E-state index in [1.165, 1.54) is 18.4 Å². The first-order valence-electron chi connectivity index (χ1n) is 9.17. The van der Waals surface area contributed by atoms with E-state index in [2.05, 4.69) is 22.9 Å². The predicted molar refractivity (Wildman–Crippen MR) is 107 cm³/mol. The largest absolute Gasteiger partial charge is 0.352 e. The highest BCUT2D eigenvalue weighted by molar-refractivity contribution is 6.30. The lowest BCUT2D eigenvalue weighted by Gasteiger charge is -2.10. The molecule has 1 aromatic heterocycles. The van der Waals surface area contributed by atoms with E-state index in [4.69, 9.17) is 16.6 Å². The monoisotopic (exact) mass is 369 g/mol. The molecule has 0 unspecified atom stereocenters. The van der Waals surface area contributed by atoms with Crippen molar-refractivity contribution in [1.82, 2.24) is 14.9 Å². The molecule has 3 rings (SSSR count). The van der Waals surface area contributed by atoms with Crippen molar-refractivity contribution < 1.29 is 4.79 Å². The van der Waals surface area contributed by atoms with Gasteiger partial charge in [0.1, 0.15) is 5.82 Å². The summed E-state index contributed by atoms with van der Waals surface area (Å²) in [5, 5.41) is 3.53. The Balaban J connectivity index is 1.68. The van der Waals surface area contributed by atoms with E-state index in [0.29, 0.717) is 23.6 Å². The third-order valence-corrected chi connectivity index (χ3v) is 4.67. The van der Waals surface area contributed by atoms with Gasteiger partial charge in [-0.05, 0) is 36.8 Å². The zero-order valence-corrected chi connectivity index (χ0v) is 15.8. The number of imidazole rings is 1. The van der Waals surface area contributed by atoms with Gasteiger partial charge < -0.3 is 9.88 Å². The molecule has 0 aliphatic rings. The Morgan fingerprint density at radius 2 is 2.00 bits per heavy atom. The molecule has 0 atom stereocenters. The number of aromatic nitrogens is 2. The van der Waals surface area contributed by atoms with Gasteiger partial charge in [-0.1, -0.05) is 49.6 Å². The van der Waals surface area contributed by atoms with Crippen LogP contribution in [0, 0.1) is 0 Å². The number of unbranched alkanes of at least 4 members (excludes halogenated alkanes) is 2. The van der Waals surface area contributed by atoms with Crippen molar-refractivity contribution in [3.8, 4) is 0 Å². The molecule has 3 aromatic rings. The minimum Gasteiger partial charge on any atom is -0.352 e. The molecule has 0 aliphatic carbocycles. The molecule has 1 amide bonds. The molecule has 5 heteroatoms. The van der Waals surface area contributed by atoms with E-state index in [0.717, 1.165) is 24.3 Å². The Morgan fingerprint density at radius 3 is 2.81 bits per heavy atom. The van der Waals surface area contributed by atoms with Crippen molar-refractivity contribution in [2.75, 3.05) is 6.54 Å². The maximum Gasteiger partial charge on any atom is 0.251 e. The van der Waals surface area contributed by atoms with Crippen LogP contribution in [0.4, 0.5) is 0 Å². The van der Waals surface area contributed by atoms with Crippen LogP contribution in [-0.2, 0) is 13.0 Å². The first-order valence-corrected chi connectivity index (χ1v) is 9.54. The third-order valence-electron chi connectivity index (χ3n) is 4.44. The fraction of sp³-hybridized carbons (Fsp3) is 0.333. The molecule has 1 N–H and O–H groups in total. The Labute approximate surface area is 159 Å². The molecule has 0 spiro atoms. The smallest absolute Gasteiger partial charge is 0.251 e. The number of nitrogens with one attached hydrogen (secondary N) is 1. The maximum atomic E-state index is 12.3. The standard InChI is InChI=1S/C21H24ClN3O/c1-2-3-6-14-25-19-11-5-4-10-18(19)24-20(25)12-13-23-21(26)16-8-7-9-17(22)15-16/h4-5,7-11,15H,2-3,6,12-14H2,1H3,(H,23,26). The minimum atomic E-state index is -0.110. The number of nitrogens with zero attached hydrogens (tertiary/aromatic N) is 2. The Kier molecular flexibility index (Phi) is 6.29. The topological polar surface area (TPSA) is 46.9 Å². The third kappa shape index (κ3) is 4.44. The van der Waals surface area contributed by atoms with E-state index in [-0.39, 0.29) is 5.91 Å². The molecule has 0 fully saturated rings. The lowest BCUT2D eigenvalue weighted by Crippen LogP contribution is -2.26. The number of hydrogen-bond donors (Lipinski definition) is 1. The van der Waals surface area contributed by atoms with Crippen LogP contribution in [0.5, 0.6) is 0 Å². The van der Waals surface area contributed by atoms with Crippen molar-refractivity contribution in [2.24, 2.45) is 0 Å². The number of carbonyl (C=O) groups is 1. The van der Waals surface area contributed by atoms with Crippen molar-refractivity contribution in [1.29, 1.82) is 0 Å². The van der Waals surface area contributed by atoms with Gasteiger partial charge in [0.05, 0.1) is 11.0 Å². The summed E-state index contributed by atoms with van der Waals surface area (Å²) in [4.78, 5) is 17.0. The number of halogens is 1. The van der Waals surface area contributed by atoms with Crippen LogP contribution >= 0.6 is 11.6 Å². The summed E-state index contributed by atoms with van der Waals surface area (Å²) in [6, 6.07) is 15.2. The molecule has 1 heterocycles. The van der Waals surface area contributed by atoms with Crippen LogP contribution in [0.1, 0.15) is 42.4 Å². The Bertz CT molecular complexity index is 888. The van der Waals surface area contributed by atoms with E-state index in [1.807, 2.05) is 18.2 Å². The first-order chi connectivity index (χ1) is 12.7. The van der Waals surface area contributed by atoms with Gasteiger partial charge in [-0.2, -0.15) is 0 Å². The molecule has 4 nitrogen and oxygen atoms in total. The maximum absolute atomic E-state index is 12.3. The van der Waals surface area contributed by atoms with E-state index >= 15 is 0 Å². The van der Waals surface area contributed by atoms with Crippen LogP contribution in [0.15, 0.2) is 48.5 Å². The molecule has 26 heavy (non-hydrogen) atoms. The average molecular weight is 370 g/mol. The van der Waals surface area contributed by atoms with Crippen molar-refractivity contribution in [3.05, 3.63) is 64.9 Å². The quantitative estimate of drug-likeness (QED) is 0.577. The SMILES string of the molecule is CCCCCn1c(CCNC(=O)c2cccc(Cl)c2)nc2ccccc21. The van der Waals surface area contributed by atoms with Gasteiger partial charge in [-0.3, -0.25) is 4.79 Å². The van der Waals surface area contributed by atoms with Crippen LogP contribution in [0.3, 0.4) is 0 Å². The highest BCUT2D eigenvalue weighted by Gasteiger charge is 2.11. The van der Waals surface area contributed by atoms with Gasteiger partial charge in [-0.25, -0.2) is 4.98 Å². The summed E-state index contributed by atoms with van der Waals surface area (Å²) in [5.41, 5.74) is 2.76. The molecular weight excluding hydrogens is 346 g/mol. The van der Waals surface area contributed by atoms with Gasteiger partial charge >= 0.3 is 0 Å². The minimum absolute atomic E-state index is 0.110. The van der Waals surface area contributed by atoms with E-state index < -0.39 is 0 Å². The van der Waals surface area contributed by atoms with Gasteiger partial charge in [0.25, 0.3) is 5.91 Å². The van der Waals surface area contributed by atoms with Crippen molar-refractivity contribution in [3.63, 3.8) is 0 Å². The molecule has 136 valence electrons. The second kappa shape index (κ2) is 8.86. The first kappa shape index (κ1) is 18.5. The molecule has 0 saturated heterocycles. The normalized spacial score (nSPS) is 11.0. The van der Waals surface area contributed by atoms with Crippen molar-refractivity contribution in [2.45, 2.75) is 39.2 Å². The lowest BCUT2D eigenvalue weighted by atomic mass is 10.2. The number of carbonyl (C=O) groups excluding carboxylic acids is 1. The van der Waals surface area contributed by atoms with E-state index in [9.17, 15) is 4.79 Å². The summed E-state index contributed by atoms with van der Waals surface area (Å²) >= 11 is 5.95. The number of aryl methyl sites for hydroxylation is 1. The van der Waals surface area contributed by atoms with Gasteiger partial charge in [-0.15, -0.1) is 0 Å². The van der Waals surface area contributed by atoms with Crippen LogP contribution in [0.2, 0.25) is 5.02 Å². The molecule has 0 aliphatic heterocycles. The summed E-state index contributed by atoms with van der Waals surface area (Å²) in [6.07, 6.45) is 4.24.